The lowest BCUT2D eigenvalue weighted by atomic mass is 10.0. The van der Waals surface area contributed by atoms with Gasteiger partial charge in [-0.1, -0.05) is 18.2 Å². The number of carbonyl (C=O) groups excluding carboxylic acids is 1. The zero-order valence-corrected chi connectivity index (χ0v) is 16.7. The number of ether oxygens (including phenoxy) is 2. The second-order valence-corrected chi connectivity index (χ2v) is 6.60. The number of fused-ring (bicyclic) bond motifs is 1. The number of nitrogens with one attached hydrogen (secondary N) is 2. The number of methoxy groups -OCH3 is 2. The highest BCUT2D eigenvalue weighted by Crippen LogP contribution is 2.31. The SMILES string of the molecule is COc1cc(C)c(C=C(C#N)C(=O)NCCc2c[nH]c3ccccc23)cc1OC. The summed E-state index contributed by atoms with van der Waals surface area (Å²) in [6, 6.07) is 13.6. The summed E-state index contributed by atoms with van der Waals surface area (Å²) in [5, 5.41) is 13.4. The average molecular weight is 389 g/mol. The minimum atomic E-state index is -0.401. The van der Waals surface area contributed by atoms with Crippen LogP contribution in [-0.4, -0.2) is 31.7 Å². The van der Waals surface area contributed by atoms with Gasteiger partial charge in [0.05, 0.1) is 14.2 Å². The number of rotatable bonds is 7. The van der Waals surface area contributed by atoms with Crippen molar-refractivity contribution < 1.29 is 14.3 Å². The Hall–Kier alpha value is -3.72. The van der Waals surface area contributed by atoms with E-state index in [0.717, 1.165) is 27.6 Å². The highest BCUT2D eigenvalue weighted by Gasteiger charge is 2.12. The smallest absolute Gasteiger partial charge is 0.261 e. The van der Waals surface area contributed by atoms with Gasteiger partial charge in [0.1, 0.15) is 11.6 Å². The molecule has 0 saturated heterocycles. The summed E-state index contributed by atoms with van der Waals surface area (Å²) in [4.78, 5) is 15.7. The summed E-state index contributed by atoms with van der Waals surface area (Å²) in [5.74, 6) is 0.742. The summed E-state index contributed by atoms with van der Waals surface area (Å²) >= 11 is 0. The van der Waals surface area contributed by atoms with Crippen LogP contribution in [0.2, 0.25) is 0 Å². The van der Waals surface area contributed by atoms with Crippen molar-refractivity contribution in [1.29, 1.82) is 5.26 Å². The Morgan fingerprint density at radius 2 is 1.93 bits per heavy atom. The van der Waals surface area contributed by atoms with Crippen LogP contribution in [0, 0.1) is 18.3 Å². The molecule has 6 nitrogen and oxygen atoms in total. The number of aryl methyl sites for hydroxylation is 1. The molecule has 148 valence electrons. The largest absolute Gasteiger partial charge is 0.493 e. The van der Waals surface area contributed by atoms with Gasteiger partial charge in [-0.3, -0.25) is 4.79 Å². The monoisotopic (exact) mass is 389 g/mol. The lowest BCUT2D eigenvalue weighted by molar-refractivity contribution is -0.117. The van der Waals surface area contributed by atoms with E-state index in [4.69, 9.17) is 9.47 Å². The fourth-order valence-corrected chi connectivity index (χ4v) is 3.20. The molecule has 0 bridgehead atoms. The fourth-order valence-electron chi connectivity index (χ4n) is 3.20. The van der Waals surface area contributed by atoms with Gasteiger partial charge < -0.3 is 19.8 Å². The Morgan fingerprint density at radius 1 is 1.21 bits per heavy atom. The van der Waals surface area contributed by atoms with Crippen LogP contribution in [0.5, 0.6) is 11.5 Å². The van der Waals surface area contributed by atoms with Gasteiger partial charge in [0.2, 0.25) is 0 Å². The molecule has 0 radical (unpaired) electrons. The van der Waals surface area contributed by atoms with Crippen LogP contribution in [0.4, 0.5) is 0 Å². The van der Waals surface area contributed by atoms with Gasteiger partial charge in [0.25, 0.3) is 5.91 Å². The Morgan fingerprint density at radius 3 is 2.66 bits per heavy atom. The predicted molar refractivity (Wildman–Crippen MR) is 113 cm³/mol. The van der Waals surface area contributed by atoms with E-state index in [1.165, 1.54) is 0 Å². The molecule has 2 aromatic carbocycles. The van der Waals surface area contributed by atoms with Crippen molar-refractivity contribution in [2.75, 3.05) is 20.8 Å². The number of para-hydroxylation sites is 1. The van der Waals surface area contributed by atoms with E-state index in [1.54, 1.807) is 26.4 Å². The quantitative estimate of drug-likeness (QED) is 0.476. The normalized spacial score (nSPS) is 11.2. The molecule has 0 spiro atoms. The van der Waals surface area contributed by atoms with Crippen LogP contribution in [0.15, 0.2) is 48.2 Å². The Bertz CT molecular complexity index is 1110. The fraction of sp³-hybridized carbons (Fsp3) is 0.217. The van der Waals surface area contributed by atoms with E-state index in [9.17, 15) is 10.1 Å². The molecule has 0 aliphatic rings. The molecule has 0 aliphatic heterocycles. The maximum absolute atomic E-state index is 12.5. The lowest BCUT2D eigenvalue weighted by Gasteiger charge is -2.11. The Kier molecular flexibility index (Phi) is 6.20. The highest BCUT2D eigenvalue weighted by atomic mass is 16.5. The van der Waals surface area contributed by atoms with Crippen molar-refractivity contribution in [2.24, 2.45) is 0 Å². The molecule has 2 N–H and O–H groups in total. The van der Waals surface area contributed by atoms with Crippen LogP contribution >= 0.6 is 0 Å². The number of nitriles is 1. The molecule has 0 aliphatic carbocycles. The number of benzene rings is 2. The molecule has 3 rings (SSSR count). The first-order valence-corrected chi connectivity index (χ1v) is 9.25. The van der Waals surface area contributed by atoms with Gasteiger partial charge in [-0.15, -0.1) is 0 Å². The van der Waals surface area contributed by atoms with Crippen LogP contribution in [-0.2, 0) is 11.2 Å². The standard InChI is InChI=1S/C23H23N3O3/c1-15-10-21(28-2)22(29-3)12-17(15)11-18(13-24)23(27)25-9-8-16-14-26-20-7-5-4-6-19(16)20/h4-7,10-12,14,26H,8-9H2,1-3H3,(H,25,27). The number of carbonyl (C=O) groups is 1. The van der Waals surface area contributed by atoms with Crippen molar-refractivity contribution >= 4 is 22.9 Å². The van der Waals surface area contributed by atoms with E-state index in [1.807, 2.05) is 49.5 Å². The maximum atomic E-state index is 12.5. The van der Waals surface area contributed by atoms with E-state index < -0.39 is 5.91 Å². The highest BCUT2D eigenvalue weighted by molar-refractivity contribution is 6.02. The summed E-state index contributed by atoms with van der Waals surface area (Å²) in [6.07, 6.45) is 4.19. The van der Waals surface area contributed by atoms with Crippen LogP contribution in [0.1, 0.15) is 16.7 Å². The first-order chi connectivity index (χ1) is 14.1. The first-order valence-electron chi connectivity index (χ1n) is 9.25. The van der Waals surface area contributed by atoms with Crippen molar-refractivity contribution in [1.82, 2.24) is 10.3 Å². The number of hydrogen-bond donors (Lipinski definition) is 2. The zero-order chi connectivity index (χ0) is 20.8. The molecular weight excluding hydrogens is 366 g/mol. The van der Waals surface area contributed by atoms with Crippen molar-refractivity contribution in [3.8, 4) is 17.6 Å². The molecule has 29 heavy (non-hydrogen) atoms. The third-order valence-corrected chi connectivity index (χ3v) is 4.79. The minimum absolute atomic E-state index is 0.0410. The Labute approximate surface area is 169 Å². The predicted octanol–water partition coefficient (Wildman–Crippen LogP) is 3.76. The van der Waals surface area contributed by atoms with Gasteiger partial charge >= 0.3 is 0 Å². The number of hydrogen-bond acceptors (Lipinski definition) is 4. The Balaban J connectivity index is 1.71. The van der Waals surface area contributed by atoms with E-state index in [0.29, 0.717) is 24.5 Å². The average Bonchev–Trinajstić information content (AvgIpc) is 3.15. The molecule has 1 amide bonds. The first kappa shape index (κ1) is 20.0. The molecule has 1 aromatic heterocycles. The van der Waals surface area contributed by atoms with E-state index in [2.05, 4.69) is 10.3 Å². The molecule has 0 fully saturated rings. The number of H-pyrrole nitrogens is 1. The zero-order valence-electron chi connectivity index (χ0n) is 16.7. The minimum Gasteiger partial charge on any atom is -0.493 e. The van der Waals surface area contributed by atoms with E-state index >= 15 is 0 Å². The van der Waals surface area contributed by atoms with Crippen molar-refractivity contribution in [3.63, 3.8) is 0 Å². The molecule has 1 heterocycles. The molecular formula is C23H23N3O3. The molecule has 0 unspecified atom stereocenters. The third-order valence-electron chi connectivity index (χ3n) is 4.79. The second-order valence-electron chi connectivity index (χ2n) is 6.60. The number of aromatic amines is 1. The molecule has 0 saturated carbocycles. The maximum Gasteiger partial charge on any atom is 0.261 e. The summed E-state index contributed by atoms with van der Waals surface area (Å²) in [7, 11) is 3.11. The number of nitrogens with zero attached hydrogens (tertiary/aromatic N) is 1. The van der Waals surface area contributed by atoms with Crippen LogP contribution < -0.4 is 14.8 Å². The lowest BCUT2D eigenvalue weighted by Crippen LogP contribution is -2.26. The summed E-state index contributed by atoms with van der Waals surface area (Å²) in [6.45, 7) is 2.32. The number of aromatic nitrogens is 1. The number of amides is 1. The summed E-state index contributed by atoms with van der Waals surface area (Å²) in [5.41, 5.74) is 3.83. The molecule has 3 aromatic rings. The summed E-state index contributed by atoms with van der Waals surface area (Å²) < 4.78 is 10.6. The third kappa shape index (κ3) is 4.41. The van der Waals surface area contributed by atoms with Crippen LogP contribution in [0.3, 0.4) is 0 Å². The van der Waals surface area contributed by atoms with Gasteiger partial charge in [-0.05, 0) is 54.3 Å². The van der Waals surface area contributed by atoms with Crippen molar-refractivity contribution in [3.05, 3.63) is 64.9 Å². The molecule has 6 heteroatoms. The van der Waals surface area contributed by atoms with Gasteiger partial charge in [-0.25, -0.2) is 0 Å². The molecule has 0 atom stereocenters. The van der Waals surface area contributed by atoms with Crippen LogP contribution in [0.25, 0.3) is 17.0 Å². The van der Waals surface area contributed by atoms with Gasteiger partial charge in [0, 0.05) is 23.6 Å². The van der Waals surface area contributed by atoms with Gasteiger partial charge in [-0.2, -0.15) is 5.26 Å². The van der Waals surface area contributed by atoms with E-state index in [-0.39, 0.29) is 5.57 Å². The second kappa shape index (κ2) is 8.98. The van der Waals surface area contributed by atoms with Crippen molar-refractivity contribution in [2.45, 2.75) is 13.3 Å². The van der Waals surface area contributed by atoms with Gasteiger partial charge in [0.15, 0.2) is 11.5 Å². The topological polar surface area (TPSA) is 87.1 Å².